The Morgan fingerprint density at radius 2 is 1.50 bits per heavy atom. The number of benzene rings is 1. The lowest BCUT2D eigenvalue weighted by molar-refractivity contribution is -0.387. The lowest BCUT2D eigenvalue weighted by atomic mass is 10.1. The van der Waals surface area contributed by atoms with Crippen molar-refractivity contribution in [3.8, 4) is 5.75 Å². The lowest BCUT2D eigenvalue weighted by Crippen LogP contribution is -2.37. The number of phosphoric acid groups is 1. The van der Waals surface area contributed by atoms with E-state index in [0.717, 1.165) is 18.2 Å². The highest BCUT2D eigenvalue weighted by molar-refractivity contribution is 7.46. The third-order valence-corrected chi connectivity index (χ3v) is 7.87. The van der Waals surface area contributed by atoms with Gasteiger partial charge in [-0.05, 0) is 18.2 Å². The molecule has 0 bridgehead atoms. The summed E-state index contributed by atoms with van der Waals surface area (Å²) in [6.45, 7) is 12.8. The summed E-state index contributed by atoms with van der Waals surface area (Å²) < 4.78 is 27.3. The SMILES string of the molecule is C[Si](C)(C)CCOC(O)(OCC[Si](C)(C)C)c1cc([N+](=O)[O-])ccc1OP(=O)(O)O. The van der Waals surface area contributed by atoms with Crippen LogP contribution in [0.1, 0.15) is 5.56 Å². The Hall–Kier alpha value is -1.12. The summed E-state index contributed by atoms with van der Waals surface area (Å²) in [5, 5.41) is 22.4. The van der Waals surface area contributed by atoms with Gasteiger partial charge >= 0.3 is 13.8 Å². The molecule has 0 spiro atoms. The quantitative estimate of drug-likeness (QED) is 0.133. The number of nitro groups is 1. The van der Waals surface area contributed by atoms with Gasteiger partial charge in [-0.1, -0.05) is 39.3 Å². The summed E-state index contributed by atoms with van der Waals surface area (Å²) in [5.74, 6) is -2.92. The zero-order valence-corrected chi connectivity index (χ0v) is 21.1. The summed E-state index contributed by atoms with van der Waals surface area (Å²) in [7, 11) is -8.10. The second-order valence-corrected chi connectivity index (χ2v) is 21.8. The Morgan fingerprint density at radius 1 is 1.03 bits per heavy atom. The zero-order chi connectivity index (χ0) is 23.4. The normalized spacial score (nSPS) is 13.4. The van der Waals surface area contributed by atoms with Crippen LogP contribution in [0.25, 0.3) is 0 Å². The fourth-order valence-corrected chi connectivity index (χ4v) is 4.12. The number of rotatable bonds is 12. The highest BCUT2D eigenvalue weighted by Gasteiger charge is 2.39. The summed E-state index contributed by atoms with van der Waals surface area (Å²) >= 11 is 0. The van der Waals surface area contributed by atoms with Crippen molar-refractivity contribution < 1.29 is 38.4 Å². The number of ether oxygens (including phenoxy) is 2. The first-order valence-electron chi connectivity index (χ1n) is 9.46. The van der Waals surface area contributed by atoms with Crippen LogP contribution in [0.15, 0.2) is 18.2 Å². The maximum atomic E-state index is 11.4. The molecule has 0 fully saturated rings. The van der Waals surface area contributed by atoms with Crippen molar-refractivity contribution in [3.63, 3.8) is 0 Å². The average Bonchev–Trinajstić information content (AvgIpc) is 2.50. The maximum Gasteiger partial charge on any atom is 0.524 e. The molecule has 172 valence electrons. The Morgan fingerprint density at radius 3 is 1.87 bits per heavy atom. The molecule has 1 aromatic carbocycles. The highest BCUT2D eigenvalue weighted by Crippen LogP contribution is 2.44. The molecule has 1 aromatic rings. The second kappa shape index (κ2) is 10.0. The molecule has 0 saturated heterocycles. The molecule has 30 heavy (non-hydrogen) atoms. The molecule has 10 nitrogen and oxygen atoms in total. The molecule has 3 N–H and O–H groups in total. The van der Waals surface area contributed by atoms with E-state index in [4.69, 9.17) is 9.47 Å². The van der Waals surface area contributed by atoms with E-state index in [-0.39, 0.29) is 18.8 Å². The van der Waals surface area contributed by atoms with Gasteiger partial charge in [-0.2, -0.15) is 0 Å². The maximum absolute atomic E-state index is 11.4. The topological polar surface area (TPSA) is 149 Å². The van der Waals surface area contributed by atoms with E-state index in [1.54, 1.807) is 0 Å². The zero-order valence-electron chi connectivity index (χ0n) is 18.2. The molecule has 13 heteroatoms. The molecule has 0 unspecified atom stereocenters. The molecule has 0 aliphatic heterocycles. The van der Waals surface area contributed by atoms with Gasteiger partial charge in [-0.25, -0.2) is 4.57 Å². The number of phosphoric ester groups is 1. The van der Waals surface area contributed by atoms with Crippen molar-refractivity contribution in [1.82, 2.24) is 0 Å². The number of aliphatic hydroxyl groups is 1. The third kappa shape index (κ3) is 9.79. The Kier molecular flexibility index (Phi) is 8.98. The summed E-state index contributed by atoms with van der Waals surface area (Å²) in [6.07, 6.45) is 0. The lowest BCUT2D eigenvalue weighted by Gasteiger charge is -2.31. The van der Waals surface area contributed by atoms with Crippen LogP contribution >= 0.6 is 7.82 Å². The fourth-order valence-electron chi connectivity index (χ4n) is 2.27. The molecule has 0 amide bonds. The van der Waals surface area contributed by atoms with E-state index in [0.29, 0.717) is 12.1 Å². The molecular weight excluding hydrogens is 449 g/mol. The monoisotopic (exact) mass is 481 g/mol. The largest absolute Gasteiger partial charge is 0.524 e. The minimum Gasteiger partial charge on any atom is -0.404 e. The first-order chi connectivity index (χ1) is 13.4. The van der Waals surface area contributed by atoms with Crippen LogP contribution in [-0.2, 0) is 20.0 Å². The number of hydrogen-bond donors (Lipinski definition) is 3. The van der Waals surface area contributed by atoms with E-state index in [2.05, 4.69) is 43.8 Å². The van der Waals surface area contributed by atoms with Gasteiger partial charge in [0.1, 0.15) is 5.75 Å². The Balaban J connectivity index is 3.37. The van der Waals surface area contributed by atoms with Crippen molar-refractivity contribution in [1.29, 1.82) is 0 Å². The van der Waals surface area contributed by atoms with Crippen molar-refractivity contribution in [2.24, 2.45) is 0 Å². The van der Waals surface area contributed by atoms with Crippen LogP contribution in [0, 0.1) is 10.1 Å². The van der Waals surface area contributed by atoms with Crippen LogP contribution in [0.3, 0.4) is 0 Å². The minimum absolute atomic E-state index is 0.0945. The smallest absolute Gasteiger partial charge is 0.404 e. The van der Waals surface area contributed by atoms with Gasteiger partial charge in [0.2, 0.25) is 0 Å². The predicted octanol–water partition coefficient (Wildman–Crippen LogP) is 3.88. The van der Waals surface area contributed by atoms with E-state index < -0.39 is 46.3 Å². The van der Waals surface area contributed by atoms with E-state index in [9.17, 15) is 29.6 Å². The van der Waals surface area contributed by atoms with Crippen molar-refractivity contribution in [3.05, 3.63) is 33.9 Å². The molecule has 0 aromatic heterocycles. The van der Waals surface area contributed by atoms with Crippen LogP contribution in [0.4, 0.5) is 5.69 Å². The molecule has 0 aliphatic rings. The first kappa shape index (κ1) is 26.9. The van der Waals surface area contributed by atoms with Crippen molar-refractivity contribution in [2.45, 2.75) is 57.3 Å². The van der Waals surface area contributed by atoms with Gasteiger partial charge in [-0.15, -0.1) is 0 Å². The fraction of sp³-hybridized carbons (Fsp3) is 0.647. The molecule has 0 radical (unpaired) electrons. The third-order valence-electron chi connectivity index (χ3n) is 4.03. The molecule has 0 atom stereocenters. The van der Waals surface area contributed by atoms with E-state index >= 15 is 0 Å². The molecule has 0 heterocycles. The number of hydrogen-bond acceptors (Lipinski definition) is 7. The number of nitro benzene ring substituents is 1. The standard InChI is InChI=1S/C17H32NO9PSi2/c1-29(2,3)11-9-25-17(19,26-10-12-30(4,5)6)15-13-14(18(20)21)7-8-16(15)27-28(22,23)24/h7-8,13,19H,9-12H2,1-6H3,(H2,22,23,24). The molecule has 1 rings (SSSR count). The van der Waals surface area contributed by atoms with Crippen molar-refractivity contribution >= 4 is 29.7 Å². The minimum atomic E-state index is -5.01. The second-order valence-electron chi connectivity index (χ2n) is 9.42. The van der Waals surface area contributed by atoms with Crippen LogP contribution < -0.4 is 4.52 Å². The van der Waals surface area contributed by atoms with Gasteiger partial charge in [-0.3, -0.25) is 19.9 Å². The van der Waals surface area contributed by atoms with E-state index in [1.807, 2.05) is 0 Å². The van der Waals surface area contributed by atoms with Gasteiger partial charge in [0.05, 0.1) is 23.7 Å². The van der Waals surface area contributed by atoms with Gasteiger partial charge in [0.15, 0.2) is 0 Å². The van der Waals surface area contributed by atoms with Gasteiger partial charge in [0, 0.05) is 28.3 Å². The summed E-state index contributed by atoms with van der Waals surface area (Å²) in [6, 6.07) is 4.28. The predicted molar refractivity (Wildman–Crippen MR) is 118 cm³/mol. The first-order valence-corrected chi connectivity index (χ1v) is 18.4. The average molecular weight is 482 g/mol. The van der Waals surface area contributed by atoms with Crippen molar-refractivity contribution in [2.75, 3.05) is 13.2 Å². The van der Waals surface area contributed by atoms with Crippen LogP contribution in [0.5, 0.6) is 5.75 Å². The Labute approximate surface area is 178 Å². The number of nitrogens with zero attached hydrogens (tertiary/aromatic N) is 1. The van der Waals surface area contributed by atoms with Gasteiger partial charge in [0.25, 0.3) is 5.69 Å². The highest BCUT2D eigenvalue weighted by atomic mass is 31.2. The van der Waals surface area contributed by atoms with Gasteiger partial charge < -0.3 is 19.1 Å². The summed E-state index contributed by atoms with van der Waals surface area (Å²) in [5.41, 5.74) is -0.782. The number of non-ortho nitro benzene ring substituents is 1. The van der Waals surface area contributed by atoms with E-state index in [1.165, 1.54) is 0 Å². The summed E-state index contributed by atoms with van der Waals surface area (Å²) in [4.78, 5) is 28.9. The van der Waals surface area contributed by atoms with Crippen LogP contribution in [0.2, 0.25) is 51.4 Å². The molecule has 0 aliphatic carbocycles. The molecular formula is C17H32NO9PSi2. The van der Waals surface area contributed by atoms with Crippen LogP contribution in [-0.4, -0.2) is 49.2 Å². The molecule has 0 saturated carbocycles. The Bertz CT molecular complexity index is 766.